The van der Waals surface area contributed by atoms with Crippen LogP contribution < -0.4 is 5.32 Å². The normalized spacial score (nSPS) is 10.3. The van der Waals surface area contributed by atoms with Crippen molar-refractivity contribution in [2.45, 2.75) is 13.5 Å². The largest absolute Gasteiger partial charge is 0.454 e. The summed E-state index contributed by atoms with van der Waals surface area (Å²) in [5.74, 6) is -1.10. The third-order valence-electron chi connectivity index (χ3n) is 2.41. The number of ether oxygens (including phenoxy) is 1. The van der Waals surface area contributed by atoms with Crippen molar-refractivity contribution in [1.29, 1.82) is 0 Å². The Hall–Kier alpha value is -2.26. The summed E-state index contributed by atoms with van der Waals surface area (Å²) in [7, 11) is 0. The number of tetrazole rings is 1. The van der Waals surface area contributed by atoms with Gasteiger partial charge in [0.25, 0.3) is 5.91 Å². The molecule has 1 amide bonds. The number of aryl methyl sites for hydroxylation is 1. The highest BCUT2D eigenvalue weighted by molar-refractivity contribution is 6.36. The van der Waals surface area contributed by atoms with Gasteiger partial charge >= 0.3 is 5.97 Å². The van der Waals surface area contributed by atoms with Crippen LogP contribution in [0.15, 0.2) is 12.4 Å². The zero-order chi connectivity index (χ0) is 16.1. The van der Waals surface area contributed by atoms with Crippen LogP contribution in [0.25, 0.3) is 0 Å². The molecule has 0 saturated heterocycles. The molecular formula is C11H10Cl2N6O3. The summed E-state index contributed by atoms with van der Waals surface area (Å²) < 4.78 is 5.95. The number of halogens is 2. The van der Waals surface area contributed by atoms with Crippen molar-refractivity contribution >= 4 is 40.9 Å². The molecule has 0 aliphatic rings. The summed E-state index contributed by atoms with van der Waals surface area (Å²) in [6.45, 7) is 0.987. The van der Waals surface area contributed by atoms with Crippen LogP contribution >= 0.6 is 23.2 Å². The zero-order valence-electron chi connectivity index (χ0n) is 11.3. The standard InChI is InChI=1S/C11H10Cl2N6O3/c1-6-7(12)2-8(13)11(15-6)16-9(20)4-22-10(21)3-19-5-14-17-18-19/h2,5H,3-4H2,1H3,(H,15,16,20). The fourth-order valence-electron chi connectivity index (χ4n) is 1.39. The van der Waals surface area contributed by atoms with Gasteiger partial charge in [-0.15, -0.1) is 5.10 Å². The molecule has 2 aromatic heterocycles. The molecule has 0 fully saturated rings. The molecule has 0 spiro atoms. The van der Waals surface area contributed by atoms with Crippen LogP contribution in [0.4, 0.5) is 5.82 Å². The van der Waals surface area contributed by atoms with Crippen LogP contribution in [0.2, 0.25) is 10.0 Å². The van der Waals surface area contributed by atoms with Crippen molar-refractivity contribution in [3.63, 3.8) is 0 Å². The van der Waals surface area contributed by atoms with E-state index in [-0.39, 0.29) is 17.4 Å². The number of esters is 1. The number of aromatic nitrogens is 5. The maximum Gasteiger partial charge on any atom is 0.328 e. The highest BCUT2D eigenvalue weighted by Gasteiger charge is 2.12. The van der Waals surface area contributed by atoms with Gasteiger partial charge in [-0.1, -0.05) is 23.2 Å². The smallest absolute Gasteiger partial charge is 0.328 e. The van der Waals surface area contributed by atoms with E-state index in [9.17, 15) is 9.59 Å². The number of amides is 1. The Morgan fingerprint density at radius 2 is 2.14 bits per heavy atom. The van der Waals surface area contributed by atoms with E-state index in [1.165, 1.54) is 17.1 Å². The molecule has 2 aromatic rings. The maximum absolute atomic E-state index is 11.7. The van der Waals surface area contributed by atoms with Gasteiger partial charge in [0.1, 0.15) is 12.9 Å². The van der Waals surface area contributed by atoms with Crippen LogP contribution in [0.1, 0.15) is 5.69 Å². The van der Waals surface area contributed by atoms with E-state index >= 15 is 0 Å². The molecule has 11 heteroatoms. The number of pyridine rings is 1. The van der Waals surface area contributed by atoms with E-state index < -0.39 is 18.5 Å². The Labute approximate surface area is 134 Å². The van der Waals surface area contributed by atoms with Crippen molar-refractivity contribution in [3.8, 4) is 0 Å². The highest BCUT2D eigenvalue weighted by atomic mass is 35.5. The topological polar surface area (TPSA) is 112 Å². The number of anilines is 1. The lowest BCUT2D eigenvalue weighted by Crippen LogP contribution is -2.23. The van der Waals surface area contributed by atoms with Gasteiger partial charge in [0.2, 0.25) is 0 Å². The van der Waals surface area contributed by atoms with Gasteiger partial charge in [0.05, 0.1) is 15.7 Å². The number of rotatable bonds is 5. The Bertz CT molecular complexity index is 691. The number of nitrogens with zero attached hydrogens (tertiary/aromatic N) is 5. The van der Waals surface area contributed by atoms with E-state index in [4.69, 9.17) is 27.9 Å². The fourth-order valence-corrected chi connectivity index (χ4v) is 1.80. The van der Waals surface area contributed by atoms with Gasteiger partial charge < -0.3 is 10.1 Å². The van der Waals surface area contributed by atoms with E-state index in [0.717, 1.165) is 0 Å². The van der Waals surface area contributed by atoms with Crippen molar-refractivity contribution in [2.75, 3.05) is 11.9 Å². The molecule has 0 aliphatic heterocycles. The van der Waals surface area contributed by atoms with Gasteiger partial charge in [-0.05, 0) is 23.4 Å². The van der Waals surface area contributed by atoms with Crippen molar-refractivity contribution in [3.05, 3.63) is 28.1 Å². The predicted molar refractivity (Wildman–Crippen MR) is 76.4 cm³/mol. The Morgan fingerprint density at radius 3 is 2.82 bits per heavy atom. The molecule has 0 saturated carbocycles. The minimum absolute atomic E-state index is 0.144. The van der Waals surface area contributed by atoms with Gasteiger partial charge in [-0.25, -0.2) is 9.67 Å². The number of carbonyl (C=O) groups is 2. The quantitative estimate of drug-likeness (QED) is 0.800. The third-order valence-corrected chi connectivity index (χ3v) is 3.08. The van der Waals surface area contributed by atoms with Crippen molar-refractivity contribution in [1.82, 2.24) is 25.2 Å². The average molecular weight is 345 g/mol. The van der Waals surface area contributed by atoms with Crippen LogP contribution in [0.3, 0.4) is 0 Å². The number of hydrogen-bond acceptors (Lipinski definition) is 7. The predicted octanol–water partition coefficient (Wildman–Crippen LogP) is 0.865. The SMILES string of the molecule is Cc1nc(NC(=O)COC(=O)Cn2cnnn2)c(Cl)cc1Cl. The van der Waals surface area contributed by atoms with E-state index in [1.54, 1.807) is 6.92 Å². The highest BCUT2D eigenvalue weighted by Crippen LogP contribution is 2.25. The van der Waals surface area contributed by atoms with Crippen LogP contribution in [0.5, 0.6) is 0 Å². The summed E-state index contributed by atoms with van der Waals surface area (Å²) in [6, 6.07) is 1.46. The second kappa shape index (κ2) is 7.14. The molecule has 9 nitrogen and oxygen atoms in total. The molecule has 2 heterocycles. The Morgan fingerprint density at radius 1 is 1.36 bits per heavy atom. The summed E-state index contributed by atoms with van der Waals surface area (Å²) in [6.07, 6.45) is 1.25. The van der Waals surface area contributed by atoms with E-state index in [0.29, 0.717) is 10.7 Å². The fraction of sp³-hybridized carbons (Fsp3) is 0.273. The molecule has 0 unspecified atom stereocenters. The lowest BCUT2D eigenvalue weighted by molar-refractivity contribution is -0.148. The minimum atomic E-state index is -0.659. The average Bonchev–Trinajstić information content (AvgIpc) is 2.95. The van der Waals surface area contributed by atoms with Crippen LogP contribution in [-0.4, -0.2) is 43.7 Å². The lowest BCUT2D eigenvalue weighted by atomic mass is 10.3. The van der Waals surface area contributed by atoms with Gasteiger partial charge in [-0.2, -0.15) is 0 Å². The first kappa shape index (κ1) is 16.1. The zero-order valence-corrected chi connectivity index (χ0v) is 12.8. The third kappa shape index (κ3) is 4.37. The molecular weight excluding hydrogens is 335 g/mol. The van der Waals surface area contributed by atoms with Gasteiger partial charge in [-0.3, -0.25) is 9.59 Å². The van der Waals surface area contributed by atoms with E-state index in [1.807, 2.05) is 0 Å². The molecule has 0 aromatic carbocycles. The molecule has 1 N–H and O–H groups in total. The van der Waals surface area contributed by atoms with Gasteiger partial charge in [0.15, 0.2) is 12.4 Å². The van der Waals surface area contributed by atoms with Gasteiger partial charge in [0, 0.05) is 0 Å². The number of nitrogens with one attached hydrogen (secondary N) is 1. The lowest BCUT2D eigenvalue weighted by Gasteiger charge is -2.08. The summed E-state index contributed by atoms with van der Waals surface area (Å²) in [5.41, 5.74) is 0.511. The first-order chi connectivity index (χ1) is 10.5. The van der Waals surface area contributed by atoms with Crippen molar-refractivity contribution in [2.24, 2.45) is 0 Å². The summed E-state index contributed by atoms with van der Waals surface area (Å²) >= 11 is 11.8. The Kier molecular flexibility index (Phi) is 5.23. The molecule has 116 valence electrons. The first-order valence-electron chi connectivity index (χ1n) is 5.94. The molecule has 0 bridgehead atoms. The molecule has 0 atom stereocenters. The maximum atomic E-state index is 11.7. The second-order valence-electron chi connectivity index (χ2n) is 4.10. The Balaban J connectivity index is 1.85. The van der Waals surface area contributed by atoms with Crippen LogP contribution in [-0.2, 0) is 20.9 Å². The number of carbonyl (C=O) groups excluding carboxylic acids is 2. The van der Waals surface area contributed by atoms with Crippen LogP contribution in [0, 0.1) is 6.92 Å². The molecule has 0 radical (unpaired) electrons. The first-order valence-corrected chi connectivity index (χ1v) is 6.70. The van der Waals surface area contributed by atoms with E-state index in [2.05, 4.69) is 25.8 Å². The summed E-state index contributed by atoms with van der Waals surface area (Å²) in [5, 5.41) is 13.2. The molecule has 0 aliphatic carbocycles. The molecule has 2 rings (SSSR count). The van der Waals surface area contributed by atoms with Crippen molar-refractivity contribution < 1.29 is 14.3 Å². The summed E-state index contributed by atoms with van der Waals surface area (Å²) in [4.78, 5) is 27.2. The molecule has 22 heavy (non-hydrogen) atoms. The monoisotopic (exact) mass is 344 g/mol. The number of hydrogen-bond donors (Lipinski definition) is 1. The second-order valence-corrected chi connectivity index (χ2v) is 4.92. The minimum Gasteiger partial charge on any atom is -0.454 e.